The molecular weight excluding hydrogens is 174 g/mol. The van der Waals surface area contributed by atoms with Gasteiger partial charge in [-0.05, 0) is 19.9 Å². The van der Waals surface area contributed by atoms with E-state index in [2.05, 4.69) is 11.9 Å². The minimum Gasteiger partial charge on any atom is -0.364 e. The molecule has 0 rings (SSSR count). The van der Waals surface area contributed by atoms with Gasteiger partial charge in [0.15, 0.2) is 0 Å². The average Bonchev–Trinajstić information content (AvgIpc) is 2.13. The first-order chi connectivity index (χ1) is 5.74. The zero-order chi connectivity index (χ0) is 9.45. The van der Waals surface area contributed by atoms with Gasteiger partial charge in [-0.3, -0.25) is 4.98 Å². The second kappa shape index (κ2) is 6.56. The summed E-state index contributed by atoms with van der Waals surface area (Å²) in [5, 5.41) is 0. The Balaban J connectivity index is 3.95. The first kappa shape index (κ1) is 12.1. The maximum Gasteiger partial charge on any atom is 0.596 e. The van der Waals surface area contributed by atoms with E-state index < -0.39 is 8.97 Å². The molecule has 12 heavy (non-hydrogen) atoms. The van der Waals surface area contributed by atoms with Crippen molar-refractivity contribution < 1.29 is 13.3 Å². The predicted molar refractivity (Wildman–Crippen MR) is 49.7 cm³/mol. The van der Waals surface area contributed by atoms with E-state index in [4.69, 9.17) is 13.3 Å². The van der Waals surface area contributed by atoms with Crippen molar-refractivity contribution in [1.82, 2.24) is 4.98 Å². The minimum absolute atomic E-state index is 0.602. The number of hydrogen-bond donors (Lipinski definition) is 1. The molecule has 0 aliphatic carbocycles. The van der Waals surface area contributed by atoms with Crippen molar-refractivity contribution in [2.24, 2.45) is 0 Å². The summed E-state index contributed by atoms with van der Waals surface area (Å²) >= 11 is 0. The fourth-order valence-electron chi connectivity index (χ4n) is 0.865. The van der Waals surface area contributed by atoms with Crippen LogP contribution in [0.4, 0.5) is 0 Å². The molecule has 4 nitrogen and oxygen atoms in total. The molecule has 0 saturated heterocycles. The summed E-state index contributed by atoms with van der Waals surface area (Å²) in [6.45, 7) is 5.47. The van der Waals surface area contributed by atoms with Gasteiger partial charge in [-0.15, -0.1) is 0 Å². The first-order valence-corrected chi connectivity index (χ1v) is 5.96. The molecule has 5 heteroatoms. The van der Waals surface area contributed by atoms with Gasteiger partial charge in [0.1, 0.15) is 0 Å². The third-order valence-electron chi connectivity index (χ3n) is 1.46. The van der Waals surface area contributed by atoms with E-state index in [1.165, 1.54) is 0 Å². The quantitative estimate of drug-likeness (QED) is 0.606. The topological polar surface area (TPSA) is 39.7 Å². The first-order valence-electron chi connectivity index (χ1n) is 4.24. The molecular formula is C7H19NO3Si. The second-order valence-electron chi connectivity index (χ2n) is 2.32. The summed E-state index contributed by atoms with van der Waals surface area (Å²) in [5.41, 5.74) is 0. The molecule has 0 heterocycles. The van der Waals surface area contributed by atoms with E-state index in [0.29, 0.717) is 6.61 Å². The standard InChI is InChI=1S/C7H19NO3Si/c1-5-7-8-12(9-3,10-4)11-6-2/h8H,5-7H2,1-4H3. The lowest BCUT2D eigenvalue weighted by molar-refractivity contribution is 0.0914. The zero-order valence-corrected chi connectivity index (χ0v) is 9.35. The summed E-state index contributed by atoms with van der Waals surface area (Å²) in [6, 6.07) is 0. The molecule has 0 radical (unpaired) electrons. The Kier molecular flexibility index (Phi) is 6.59. The molecule has 0 amide bonds. The number of rotatable bonds is 7. The summed E-state index contributed by atoms with van der Waals surface area (Å²) in [7, 11) is 0.696. The molecule has 1 N–H and O–H groups in total. The van der Waals surface area contributed by atoms with Gasteiger partial charge >= 0.3 is 8.97 Å². The van der Waals surface area contributed by atoms with Crippen molar-refractivity contribution in [2.75, 3.05) is 27.4 Å². The highest BCUT2D eigenvalue weighted by Gasteiger charge is 2.38. The molecule has 0 aromatic rings. The Labute approximate surface area is 75.7 Å². The van der Waals surface area contributed by atoms with Gasteiger partial charge in [0, 0.05) is 20.8 Å². The molecule has 0 aromatic heterocycles. The molecule has 0 aliphatic heterocycles. The van der Waals surface area contributed by atoms with Crippen LogP contribution in [0.2, 0.25) is 0 Å². The maximum absolute atomic E-state index is 5.41. The summed E-state index contributed by atoms with van der Waals surface area (Å²) in [6.07, 6.45) is 1.04. The molecule has 0 aromatic carbocycles. The van der Waals surface area contributed by atoms with Crippen molar-refractivity contribution in [3.63, 3.8) is 0 Å². The fraction of sp³-hybridized carbons (Fsp3) is 1.00. The Morgan fingerprint density at radius 1 is 1.17 bits per heavy atom. The van der Waals surface area contributed by atoms with Crippen LogP contribution in [0.3, 0.4) is 0 Å². The van der Waals surface area contributed by atoms with Crippen molar-refractivity contribution in [1.29, 1.82) is 0 Å². The lowest BCUT2D eigenvalue weighted by Crippen LogP contribution is -2.57. The molecule has 0 bridgehead atoms. The molecule has 0 fully saturated rings. The molecule has 0 atom stereocenters. The van der Waals surface area contributed by atoms with Gasteiger partial charge < -0.3 is 13.3 Å². The predicted octanol–water partition coefficient (Wildman–Crippen LogP) is 0.751. The third-order valence-corrected chi connectivity index (χ3v) is 3.89. The monoisotopic (exact) mass is 193 g/mol. The summed E-state index contributed by atoms with van der Waals surface area (Å²) < 4.78 is 15.8. The highest BCUT2D eigenvalue weighted by molar-refractivity contribution is 6.57. The summed E-state index contributed by atoms with van der Waals surface area (Å²) in [5.74, 6) is 0. The molecule has 0 aliphatic rings. The van der Waals surface area contributed by atoms with Gasteiger partial charge in [0.05, 0.1) is 0 Å². The van der Waals surface area contributed by atoms with Gasteiger partial charge in [-0.2, -0.15) is 0 Å². The lowest BCUT2D eigenvalue weighted by Gasteiger charge is -2.25. The van der Waals surface area contributed by atoms with Crippen LogP contribution in [-0.4, -0.2) is 36.3 Å². The zero-order valence-electron chi connectivity index (χ0n) is 8.35. The lowest BCUT2D eigenvalue weighted by atomic mass is 10.5. The molecule has 0 saturated carbocycles. The van der Waals surface area contributed by atoms with Crippen LogP contribution in [0.15, 0.2) is 0 Å². The van der Waals surface area contributed by atoms with Crippen LogP contribution in [0.1, 0.15) is 20.3 Å². The van der Waals surface area contributed by atoms with Crippen LogP contribution >= 0.6 is 0 Å². The van der Waals surface area contributed by atoms with Gasteiger partial charge in [0.2, 0.25) is 0 Å². The molecule has 0 spiro atoms. The van der Waals surface area contributed by atoms with Crippen LogP contribution in [0.5, 0.6) is 0 Å². The Morgan fingerprint density at radius 3 is 2.08 bits per heavy atom. The van der Waals surface area contributed by atoms with Crippen molar-refractivity contribution in [3.8, 4) is 0 Å². The van der Waals surface area contributed by atoms with E-state index in [9.17, 15) is 0 Å². The van der Waals surface area contributed by atoms with Crippen molar-refractivity contribution in [2.45, 2.75) is 20.3 Å². The van der Waals surface area contributed by atoms with Crippen LogP contribution in [-0.2, 0) is 13.3 Å². The normalized spacial score (nSPS) is 12.0. The van der Waals surface area contributed by atoms with E-state index in [0.717, 1.165) is 13.0 Å². The van der Waals surface area contributed by atoms with Crippen molar-refractivity contribution >= 4 is 8.97 Å². The van der Waals surface area contributed by atoms with Crippen LogP contribution in [0.25, 0.3) is 0 Å². The fourth-order valence-corrected chi connectivity index (χ4v) is 2.59. The highest BCUT2D eigenvalue weighted by atomic mass is 28.4. The third kappa shape index (κ3) is 3.64. The average molecular weight is 193 g/mol. The van der Waals surface area contributed by atoms with Gasteiger partial charge in [-0.1, -0.05) is 6.92 Å². The number of nitrogens with one attached hydrogen (secondary N) is 1. The van der Waals surface area contributed by atoms with Crippen LogP contribution < -0.4 is 4.98 Å². The SMILES string of the molecule is CCCN[Si](OC)(OC)OCC. The van der Waals surface area contributed by atoms with E-state index >= 15 is 0 Å². The Bertz CT molecular complexity index is 109. The summed E-state index contributed by atoms with van der Waals surface area (Å²) in [4.78, 5) is 3.16. The van der Waals surface area contributed by atoms with E-state index in [1.54, 1.807) is 14.2 Å². The van der Waals surface area contributed by atoms with Crippen LogP contribution in [0, 0.1) is 0 Å². The van der Waals surface area contributed by atoms with E-state index in [1.807, 2.05) is 6.92 Å². The molecule has 74 valence electrons. The number of hydrogen-bond acceptors (Lipinski definition) is 4. The van der Waals surface area contributed by atoms with Crippen molar-refractivity contribution in [3.05, 3.63) is 0 Å². The highest BCUT2D eigenvalue weighted by Crippen LogP contribution is 2.02. The Morgan fingerprint density at radius 2 is 1.75 bits per heavy atom. The van der Waals surface area contributed by atoms with Gasteiger partial charge in [0.25, 0.3) is 0 Å². The van der Waals surface area contributed by atoms with Gasteiger partial charge in [-0.25, -0.2) is 0 Å². The largest absolute Gasteiger partial charge is 0.596 e. The Hall–Kier alpha value is 0.0569. The smallest absolute Gasteiger partial charge is 0.364 e. The molecule has 0 unspecified atom stereocenters. The van der Waals surface area contributed by atoms with E-state index in [-0.39, 0.29) is 0 Å². The maximum atomic E-state index is 5.41. The second-order valence-corrected chi connectivity index (χ2v) is 4.90. The minimum atomic E-state index is -2.51.